The molecule has 2 N–H and O–H groups in total. The molecule has 152 valence electrons. The molecule has 2 aromatic rings. The van der Waals surface area contributed by atoms with E-state index in [0.29, 0.717) is 10.9 Å². The minimum absolute atomic E-state index is 0.122. The summed E-state index contributed by atoms with van der Waals surface area (Å²) < 4.78 is 5.47. The number of benzene rings is 1. The number of amides is 1. The summed E-state index contributed by atoms with van der Waals surface area (Å²) in [6.07, 6.45) is 6.13. The number of rotatable bonds is 4. The second kappa shape index (κ2) is 6.71. The van der Waals surface area contributed by atoms with E-state index in [-0.39, 0.29) is 22.6 Å². The number of fused-ring (bicyclic) bond motifs is 1. The molecule has 1 amide bonds. The molecule has 4 fully saturated rings. The average Bonchev–Trinajstić information content (AvgIpc) is 2.65. The zero-order valence-electron chi connectivity index (χ0n) is 16.6. The molecule has 29 heavy (non-hydrogen) atoms. The second-order valence-corrected chi connectivity index (χ2v) is 9.33. The van der Waals surface area contributed by atoms with Crippen LogP contribution in [-0.2, 0) is 9.53 Å². The minimum atomic E-state index is -0.909. The number of H-pyrrole nitrogens is 1. The van der Waals surface area contributed by atoms with E-state index in [9.17, 15) is 14.4 Å². The van der Waals surface area contributed by atoms with Crippen molar-refractivity contribution in [1.29, 1.82) is 0 Å². The van der Waals surface area contributed by atoms with Crippen LogP contribution in [0.5, 0.6) is 0 Å². The van der Waals surface area contributed by atoms with Gasteiger partial charge in [-0.2, -0.15) is 0 Å². The van der Waals surface area contributed by atoms with Gasteiger partial charge in [0.05, 0.1) is 5.56 Å². The standard InChI is InChI=1S/C23H26N2O4/c1-13(21(27)25-23-10-14-6-15(11-23)8-16(7-14)12-23)29-22(28)18-9-20(26)24-19-5-3-2-4-17(18)19/h2-5,9,13-16H,6-8,10-12H2,1H3,(H,24,26)(H,25,27)/t13-,14?,15?,16?,23?/m0/s1. The number of pyridine rings is 1. The molecule has 0 radical (unpaired) electrons. The molecule has 4 aliphatic carbocycles. The van der Waals surface area contributed by atoms with Gasteiger partial charge in [0.2, 0.25) is 5.56 Å². The van der Waals surface area contributed by atoms with Gasteiger partial charge < -0.3 is 15.0 Å². The van der Waals surface area contributed by atoms with E-state index in [1.165, 1.54) is 25.3 Å². The molecule has 4 aliphatic rings. The molecule has 4 saturated carbocycles. The number of esters is 1. The SMILES string of the molecule is C[C@H](OC(=O)c1cc(=O)[nH]c2ccccc12)C(=O)NC12CC3CC(CC(C3)C1)C2. The van der Waals surface area contributed by atoms with Crippen LogP contribution >= 0.6 is 0 Å². The predicted molar refractivity (Wildman–Crippen MR) is 108 cm³/mol. The van der Waals surface area contributed by atoms with Gasteiger partial charge in [0, 0.05) is 22.5 Å². The van der Waals surface area contributed by atoms with E-state index in [4.69, 9.17) is 4.74 Å². The number of nitrogens with one attached hydrogen (secondary N) is 2. The van der Waals surface area contributed by atoms with Crippen LogP contribution < -0.4 is 10.9 Å². The van der Waals surface area contributed by atoms with E-state index in [1.54, 1.807) is 31.2 Å². The molecule has 4 bridgehead atoms. The first-order valence-corrected chi connectivity index (χ1v) is 10.6. The quantitative estimate of drug-likeness (QED) is 0.780. The van der Waals surface area contributed by atoms with Gasteiger partial charge in [0.1, 0.15) is 0 Å². The van der Waals surface area contributed by atoms with E-state index < -0.39 is 12.1 Å². The molecule has 1 atom stereocenters. The highest BCUT2D eigenvalue weighted by Gasteiger charge is 2.51. The lowest BCUT2D eigenvalue weighted by Gasteiger charge is -2.57. The topological polar surface area (TPSA) is 88.3 Å². The third-order valence-electron chi connectivity index (χ3n) is 7.05. The lowest BCUT2D eigenvalue weighted by molar-refractivity contribution is -0.134. The van der Waals surface area contributed by atoms with Gasteiger partial charge in [-0.3, -0.25) is 9.59 Å². The van der Waals surface area contributed by atoms with Crippen molar-refractivity contribution in [1.82, 2.24) is 10.3 Å². The first-order chi connectivity index (χ1) is 13.9. The monoisotopic (exact) mass is 394 g/mol. The zero-order valence-corrected chi connectivity index (χ0v) is 16.6. The molecule has 6 heteroatoms. The van der Waals surface area contributed by atoms with Crippen molar-refractivity contribution < 1.29 is 14.3 Å². The van der Waals surface area contributed by atoms with Gasteiger partial charge >= 0.3 is 5.97 Å². The zero-order chi connectivity index (χ0) is 20.2. The van der Waals surface area contributed by atoms with Gasteiger partial charge in [0.15, 0.2) is 6.10 Å². The number of aromatic amines is 1. The third kappa shape index (κ3) is 3.34. The minimum Gasteiger partial charge on any atom is -0.449 e. The summed E-state index contributed by atoms with van der Waals surface area (Å²) in [4.78, 5) is 40.2. The van der Waals surface area contributed by atoms with Crippen molar-refractivity contribution in [3.63, 3.8) is 0 Å². The summed E-state index contributed by atoms with van der Waals surface area (Å²) in [6, 6.07) is 8.29. The van der Waals surface area contributed by atoms with E-state index in [1.807, 2.05) is 0 Å². The van der Waals surface area contributed by atoms with Crippen molar-refractivity contribution in [3.05, 3.63) is 46.2 Å². The van der Waals surface area contributed by atoms with Crippen LogP contribution in [0.4, 0.5) is 0 Å². The van der Waals surface area contributed by atoms with Gasteiger partial charge in [-0.15, -0.1) is 0 Å². The molecule has 1 aromatic heterocycles. The molecule has 0 saturated heterocycles. The molecule has 1 heterocycles. The van der Waals surface area contributed by atoms with Crippen molar-refractivity contribution in [3.8, 4) is 0 Å². The summed E-state index contributed by atoms with van der Waals surface area (Å²) in [5.41, 5.74) is 0.251. The smallest absolute Gasteiger partial charge is 0.339 e. The third-order valence-corrected chi connectivity index (χ3v) is 7.05. The number of hydrogen-bond donors (Lipinski definition) is 2. The Bertz CT molecular complexity index is 1010. The maximum atomic E-state index is 12.9. The van der Waals surface area contributed by atoms with Gasteiger partial charge in [0.25, 0.3) is 5.91 Å². The summed E-state index contributed by atoms with van der Waals surface area (Å²) in [5.74, 6) is 1.28. The van der Waals surface area contributed by atoms with Crippen LogP contribution in [-0.4, -0.2) is 28.5 Å². The lowest BCUT2D eigenvalue weighted by Crippen LogP contribution is -2.61. The Balaban J connectivity index is 1.31. The number of carbonyl (C=O) groups excluding carboxylic acids is 2. The number of para-hydroxylation sites is 1. The normalized spacial score (nSPS) is 30.9. The molecule has 6 nitrogen and oxygen atoms in total. The van der Waals surface area contributed by atoms with Crippen molar-refractivity contribution >= 4 is 22.8 Å². The molecular formula is C23H26N2O4. The molecule has 0 aliphatic heterocycles. The van der Waals surface area contributed by atoms with E-state index in [0.717, 1.165) is 37.0 Å². The van der Waals surface area contributed by atoms with Crippen LogP contribution in [0.1, 0.15) is 55.8 Å². The summed E-state index contributed by atoms with van der Waals surface area (Å²) >= 11 is 0. The molecular weight excluding hydrogens is 368 g/mol. The largest absolute Gasteiger partial charge is 0.449 e. The highest BCUT2D eigenvalue weighted by Crippen LogP contribution is 2.55. The Morgan fingerprint density at radius 2 is 1.72 bits per heavy atom. The van der Waals surface area contributed by atoms with Crippen molar-refractivity contribution in [2.45, 2.75) is 57.1 Å². The molecule has 0 unspecified atom stereocenters. The van der Waals surface area contributed by atoms with Crippen molar-refractivity contribution in [2.24, 2.45) is 17.8 Å². The number of aromatic nitrogens is 1. The Morgan fingerprint density at radius 1 is 1.10 bits per heavy atom. The fraction of sp³-hybridized carbons (Fsp3) is 0.522. The predicted octanol–water partition coefficient (Wildman–Crippen LogP) is 3.16. The number of carbonyl (C=O) groups is 2. The highest BCUT2D eigenvalue weighted by molar-refractivity contribution is 6.04. The van der Waals surface area contributed by atoms with Gasteiger partial charge in [-0.05, 0) is 69.3 Å². The Hall–Kier alpha value is -2.63. The Kier molecular flexibility index (Phi) is 4.26. The van der Waals surface area contributed by atoms with E-state index >= 15 is 0 Å². The maximum Gasteiger partial charge on any atom is 0.339 e. The van der Waals surface area contributed by atoms with Crippen LogP contribution in [0.2, 0.25) is 0 Å². The van der Waals surface area contributed by atoms with Gasteiger partial charge in [-0.1, -0.05) is 18.2 Å². The average molecular weight is 394 g/mol. The second-order valence-electron chi connectivity index (χ2n) is 9.33. The fourth-order valence-electron chi connectivity index (χ4n) is 6.28. The number of hydrogen-bond acceptors (Lipinski definition) is 4. The molecule has 1 aromatic carbocycles. The molecule has 0 spiro atoms. The first kappa shape index (κ1) is 18.4. The fourth-order valence-corrected chi connectivity index (χ4v) is 6.28. The highest BCUT2D eigenvalue weighted by atomic mass is 16.5. The summed E-state index contributed by atoms with van der Waals surface area (Å²) in [5, 5.41) is 3.85. The lowest BCUT2D eigenvalue weighted by atomic mass is 9.53. The van der Waals surface area contributed by atoms with Crippen molar-refractivity contribution in [2.75, 3.05) is 0 Å². The van der Waals surface area contributed by atoms with Crippen LogP contribution in [0.25, 0.3) is 10.9 Å². The molecule has 6 rings (SSSR count). The van der Waals surface area contributed by atoms with Gasteiger partial charge in [-0.25, -0.2) is 4.79 Å². The van der Waals surface area contributed by atoms with Crippen LogP contribution in [0.3, 0.4) is 0 Å². The number of ether oxygens (including phenoxy) is 1. The summed E-state index contributed by atoms with van der Waals surface area (Å²) in [6.45, 7) is 1.60. The first-order valence-electron chi connectivity index (χ1n) is 10.6. The van der Waals surface area contributed by atoms with Crippen LogP contribution in [0.15, 0.2) is 35.1 Å². The Morgan fingerprint density at radius 3 is 2.38 bits per heavy atom. The Labute approximate surface area is 169 Å². The summed E-state index contributed by atoms with van der Waals surface area (Å²) in [7, 11) is 0. The van der Waals surface area contributed by atoms with Crippen LogP contribution in [0, 0.1) is 17.8 Å². The van der Waals surface area contributed by atoms with E-state index in [2.05, 4.69) is 10.3 Å². The maximum absolute atomic E-state index is 12.9.